The van der Waals surface area contributed by atoms with Gasteiger partial charge < -0.3 is 16.0 Å². The van der Waals surface area contributed by atoms with Crippen LogP contribution in [-0.4, -0.2) is 49.1 Å². The zero-order valence-electron chi connectivity index (χ0n) is 16.4. The Morgan fingerprint density at radius 3 is 2.28 bits per heavy atom. The SMILES string of the molecule is O=C(NCCNC(=O)c1ccccc1)NC1CCN(Cc2ccc(Cl)cc2)CC1. The van der Waals surface area contributed by atoms with Crippen molar-refractivity contribution in [2.24, 2.45) is 0 Å². The van der Waals surface area contributed by atoms with E-state index in [2.05, 4.69) is 33.0 Å². The highest BCUT2D eigenvalue weighted by Crippen LogP contribution is 2.15. The Morgan fingerprint density at radius 1 is 0.931 bits per heavy atom. The monoisotopic (exact) mass is 414 g/mol. The minimum absolute atomic E-state index is 0.138. The highest BCUT2D eigenvalue weighted by molar-refractivity contribution is 6.30. The fourth-order valence-electron chi connectivity index (χ4n) is 3.36. The van der Waals surface area contributed by atoms with Gasteiger partial charge in [0.2, 0.25) is 0 Å². The normalized spacial score (nSPS) is 14.9. The second-order valence-corrected chi connectivity index (χ2v) is 7.64. The topological polar surface area (TPSA) is 73.5 Å². The molecule has 29 heavy (non-hydrogen) atoms. The molecular weight excluding hydrogens is 388 g/mol. The van der Waals surface area contributed by atoms with Crippen molar-refractivity contribution >= 4 is 23.5 Å². The molecule has 7 heteroatoms. The van der Waals surface area contributed by atoms with Gasteiger partial charge >= 0.3 is 6.03 Å². The van der Waals surface area contributed by atoms with Crippen LogP contribution >= 0.6 is 11.6 Å². The number of rotatable bonds is 7. The first-order valence-electron chi connectivity index (χ1n) is 9.94. The third-order valence-electron chi connectivity index (χ3n) is 4.97. The van der Waals surface area contributed by atoms with Gasteiger partial charge in [0.05, 0.1) is 0 Å². The van der Waals surface area contributed by atoms with Gasteiger partial charge in [-0.1, -0.05) is 41.9 Å². The van der Waals surface area contributed by atoms with Gasteiger partial charge in [0.25, 0.3) is 5.91 Å². The first kappa shape index (κ1) is 21.1. The van der Waals surface area contributed by atoms with Gasteiger partial charge in [-0.25, -0.2) is 4.79 Å². The number of carbonyl (C=O) groups is 2. The number of amides is 3. The maximum absolute atomic E-state index is 12.1. The third-order valence-corrected chi connectivity index (χ3v) is 5.23. The molecule has 0 aliphatic carbocycles. The van der Waals surface area contributed by atoms with E-state index >= 15 is 0 Å². The maximum Gasteiger partial charge on any atom is 0.315 e. The van der Waals surface area contributed by atoms with Crippen LogP contribution in [0.3, 0.4) is 0 Å². The van der Waals surface area contributed by atoms with Crippen LogP contribution in [0.2, 0.25) is 5.02 Å². The molecule has 0 saturated carbocycles. The zero-order chi connectivity index (χ0) is 20.5. The third kappa shape index (κ3) is 7.07. The first-order valence-corrected chi connectivity index (χ1v) is 10.3. The Labute approximate surface area is 176 Å². The van der Waals surface area contributed by atoms with Gasteiger partial charge in [-0.15, -0.1) is 0 Å². The average Bonchev–Trinajstić information content (AvgIpc) is 2.75. The molecule has 1 fully saturated rings. The fraction of sp³-hybridized carbons (Fsp3) is 0.364. The Morgan fingerprint density at radius 2 is 1.59 bits per heavy atom. The predicted octanol–water partition coefficient (Wildman–Crippen LogP) is 3.03. The summed E-state index contributed by atoms with van der Waals surface area (Å²) < 4.78 is 0. The van der Waals surface area contributed by atoms with Crippen LogP contribution in [0.25, 0.3) is 0 Å². The Hall–Kier alpha value is -2.57. The summed E-state index contributed by atoms with van der Waals surface area (Å²) in [6.45, 7) is 3.57. The van der Waals surface area contributed by atoms with E-state index in [1.165, 1.54) is 5.56 Å². The van der Waals surface area contributed by atoms with Crippen molar-refractivity contribution in [1.29, 1.82) is 0 Å². The molecule has 1 heterocycles. The molecule has 3 amide bonds. The van der Waals surface area contributed by atoms with Crippen molar-refractivity contribution in [2.45, 2.75) is 25.4 Å². The summed E-state index contributed by atoms with van der Waals surface area (Å²) >= 11 is 5.93. The largest absolute Gasteiger partial charge is 0.350 e. The minimum Gasteiger partial charge on any atom is -0.350 e. The summed E-state index contributed by atoms with van der Waals surface area (Å²) in [6, 6.07) is 16.9. The lowest BCUT2D eigenvalue weighted by Crippen LogP contribution is -2.48. The molecule has 6 nitrogen and oxygen atoms in total. The number of nitrogens with one attached hydrogen (secondary N) is 3. The molecule has 2 aromatic rings. The van der Waals surface area contributed by atoms with Crippen molar-refractivity contribution in [3.8, 4) is 0 Å². The molecule has 0 unspecified atom stereocenters. The minimum atomic E-state index is -0.185. The van der Waals surface area contributed by atoms with Crippen molar-refractivity contribution < 1.29 is 9.59 Å². The van der Waals surface area contributed by atoms with Gasteiger partial charge in [0.1, 0.15) is 0 Å². The van der Waals surface area contributed by atoms with E-state index in [1.54, 1.807) is 12.1 Å². The number of carbonyl (C=O) groups excluding carboxylic acids is 2. The van der Waals surface area contributed by atoms with Crippen molar-refractivity contribution in [2.75, 3.05) is 26.2 Å². The second kappa shape index (κ2) is 10.8. The Bertz CT molecular complexity index is 790. The van der Waals surface area contributed by atoms with Crippen LogP contribution in [0.1, 0.15) is 28.8 Å². The highest BCUT2D eigenvalue weighted by atomic mass is 35.5. The number of nitrogens with zero attached hydrogens (tertiary/aromatic N) is 1. The average molecular weight is 415 g/mol. The van der Waals surface area contributed by atoms with Crippen LogP contribution in [0, 0.1) is 0 Å². The molecule has 3 N–H and O–H groups in total. The fourth-order valence-corrected chi connectivity index (χ4v) is 3.49. The number of urea groups is 1. The summed E-state index contributed by atoms with van der Waals surface area (Å²) in [5, 5.41) is 9.37. The van der Waals surface area contributed by atoms with Gasteiger partial charge in [0.15, 0.2) is 0 Å². The molecule has 1 aliphatic rings. The lowest BCUT2D eigenvalue weighted by atomic mass is 10.0. The smallest absolute Gasteiger partial charge is 0.315 e. The Balaban J connectivity index is 1.28. The number of hydrogen-bond acceptors (Lipinski definition) is 3. The summed E-state index contributed by atoms with van der Waals surface area (Å²) in [5.74, 6) is -0.138. The van der Waals surface area contributed by atoms with Crippen molar-refractivity contribution in [1.82, 2.24) is 20.9 Å². The van der Waals surface area contributed by atoms with Crippen molar-refractivity contribution in [3.05, 3.63) is 70.7 Å². The lowest BCUT2D eigenvalue weighted by molar-refractivity contribution is 0.0953. The number of piperidine rings is 1. The summed E-state index contributed by atoms with van der Waals surface area (Å²) in [6.07, 6.45) is 1.84. The highest BCUT2D eigenvalue weighted by Gasteiger charge is 2.20. The number of likely N-dealkylation sites (tertiary alicyclic amines) is 1. The van der Waals surface area contributed by atoms with Crippen LogP contribution in [0.15, 0.2) is 54.6 Å². The summed E-state index contributed by atoms with van der Waals surface area (Å²) in [5.41, 5.74) is 1.86. The lowest BCUT2D eigenvalue weighted by Gasteiger charge is -2.32. The van der Waals surface area contributed by atoms with Crippen LogP contribution < -0.4 is 16.0 Å². The number of halogens is 1. The molecule has 2 aromatic carbocycles. The van der Waals surface area contributed by atoms with Gasteiger partial charge in [-0.05, 0) is 42.7 Å². The molecule has 0 aromatic heterocycles. The zero-order valence-corrected chi connectivity index (χ0v) is 17.1. The molecule has 154 valence electrons. The maximum atomic E-state index is 12.1. The first-order chi connectivity index (χ1) is 14.1. The van der Waals surface area contributed by atoms with E-state index in [0.717, 1.165) is 37.5 Å². The standard InChI is InChI=1S/C22H27ClN4O2/c23-19-8-6-17(7-9-19)16-27-14-10-20(11-15-27)26-22(29)25-13-12-24-21(28)18-4-2-1-3-5-18/h1-9,20H,10-16H2,(H,24,28)(H2,25,26,29). The van der Waals surface area contributed by atoms with E-state index in [-0.39, 0.29) is 18.0 Å². The Kier molecular flexibility index (Phi) is 7.90. The molecule has 1 aliphatic heterocycles. The molecule has 0 bridgehead atoms. The van der Waals surface area contributed by atoms with E-state index < -0.39 is 0 Å². The van der Waals surface area contributed by atoms with Gasteiger partial charge in [-0.2, -0.15) is 0 Å². The molecule has 0 atom stereocenters. The van der Waals surface area contributed by atoms with Crippen LogP contribution in [-0.2, 0) is 6.54 Å². The molecule has 0 radical (unpaired) electrons. The van der Waals surface area contributed by atoms with E-state index in [9.17, 15) is 9.59 Å². The second-order valence-electron chi connectivity index (χ2n) is 7.20. The van der Waals surface area contributed by atoms with E-state index in [1.807, 2.05) is 30.3 Å². The molecule has 3 rings (SSSR count). The van der Waals surface area contributed by atoms with Crippen LogP contribution in [0.4, 0.5) is 4.79 Å². The van der Waals surface area contributed by atoms with Gasteiger partial charge in [-0.3, -0.25) is 9.69 Å². The number of benzene rings is 2. The summed E-state index contributed by atoms with van der Waals surface area (Å²) in [7, 11) is 0. The predicted molar refractivity (Wildman–Crippen MR) is 115 cm³/mol. The quantitative estimate of drug-likeness (QED) is 0.610. The van der Waals surface area contributed by atoms with E-state index in [0.29, 0.717) is 18.7 Å². The van der Waals surface area contributed by atoms with E-state index in [4.69, 9.17) is 11.6 Å². The molecular formula is C22H27ClN4O2. The van der Waals surface area contributed by atoms with Crippen molar-refractivity contribution in [3.63, 3.8) is 0 Å². The number of hydrogen-bond donors (Lipinski definition) is 3. The summed E-state index contributed by atoms with van der Waals surface area (Å²) in [4.78, 5) is 26.4. The van der Waals surface area contributed by atoms with Crippen LogP contribution in [0.5, 0.6) is 0 Å². The molecule has 1 saturated heterocycles. The van der Waals surface area contributed by atoms with Gasteiger partial charge in [0, 0.05) is 49.4 Å². The molecule has 0 spiro atoms.